The number of benzene rings is 1. The number of sulfonamides is 1. The topological polar surface area (TPSA) is 66.4 Å². The number of hydrogen-bond donors (Lipinski definition) is 2. The lowest BCUT2D eigenvalue weighted by atomic mass is 10.2. The van der Waals surface area contributed by atoms with Gasteiger partial charge in [-0.05, 0) is 25.1 Å². The monoisotopic (exact) mass is 283 g/mol. The first kappa shape index (κ1) is 14.9. The van der Waals surface area contributed by atoms with Gasteiger partial charge in [-0.1, -0.05) is 6.07 Å². The molecule has 0 aliphatic carbocycles. The summed E-state index contributed by atoms with van der Waals surface area (Å²) in [5.74, 6) is 0. The van der Waals surface area contributed by atoms with E-state index in [1.165, 1.54) is 6.92 Å². The molecule has 18 heavy (non-hydrogen) atoms. The second-order valence-electron chi connectivity index (χ2n) is 3.73. The summed E-state index contributed by atoms with van der Waals surface area (Å²) in [5.41, 5.74) is -1.04. The van der Waals surface area contributed by atoms with Gasteiger partial charge in [-0.3, -0.25) is 0 Å². The molecule has 0 saturated carbocycles. The van der Waals surface area contributed by atoms with Crippen LogP contribution in [-0.4, -0.2) is 26.2 Å². The molecule has 0 aliphatic rings. The van der Waals surface area contributed by atoms with E-state index in [0.717, 1.165) is 18.2 Å². The highest BCUT2D eigenvalue weighted by molar-refractivity contribution is 7.89. The quantitative estimate of drug-likeness (QED) is 0.877. The molecule has 0 saturated heterocycles. The molecular formula is C10H12F3NO3S. The fraction of sp³-hybridized carbons (Fsp3) is 0.400. The second-order valence-corrected chi connectivity index (χ2v) is 5.49. The number of alkyl halides is 3. The van der Waals surface area contributed by atoms with E-state index in [4.69, 9.17) is 5.11 Å². The van der Waals surface area contributed by atoms with Gasteiger partial charge in [0.25, 0.3) is 0 Å². The minimum absolute atomic E-state index is 0.265. The summed E-state index contributed by atoms with van der Waals surface area (Å²) in [5, 5.41) is 8.94. The Morgan fingerprint density at radius 1 is 1.39 bits per heavy atom. The zero-order chi connectivity index (χ0) is 14.0. The molecule has 0 radical (unpaired) electrons. The van der Waals surface area contributed by atoms with Crippen molar-refractivity contribution in [2.24, 2.45) is 0 Å². The van der Waals surface area contributed by atoms with Crippen molar-refractivity contribution in [3.63, 3.8) is 0 Å². The van der Waals surface area contributed by atoms with E-state index >= 15 is 0 Å². The number of hydrogen-bond acceptors (Lipinski definition) is 3. The van der Waals surface area contributed by atoms with Crippen LogP contribution in [0.3, 0.4) is 0 Å². The van der Waals surface area contributed by atoms with Crippen molar-refractivity contribution >= 4 is 10.0 Å². The van der Waals surface area contributed by atoms with Crippen molar-refractivity contribution in [1.29, 1.82) is 0 Å². The molecule has 0 fully saturated rings. The van der Waals surface area contributed by atoms with Crippen LogP contribution in [0.1, 0.15) is 12.5 Å². The minimum atomic E-state index is -4.60. The Bertz CT molecular complexity index is 511. The normalized spacial score (nSPS) is 14.5. The molecule has 0 aliphatic heterocycles. The van der Waals surface area contributed by atoms with Crippen LogP contribution in [0, 0.1) is 0 Å². The summed E-state index contributed by atoms with van der Waals surface area (Å²) in [6.07, 6.45) is -5.53. The van der Waals surface area contributed by atoms with E-state index in [-0.39, 0.29) is 6.54 Å². The van der Waals surface area contributed by atoms with Gasteiger partial charge in [-0.25, -0.2) is 13.1 Å². The molecule has 0 aromatic heterocycles. The van der Waals surface area contributed by atoms with Crippen molar-refractivity contribution in [3.8, 4) is 0 Å². The summed E-state index contributed by atoms with van der Waals surface area (Å²) in [6.45, 7) is 1.09. The van der Waals surface area contributed by atoms with E-state index in [1.807, 2.05) is 4.72 Å². The lowest BCUT2D eigenvalue weighted by Crippen LogP contribution is -2.30. The van der Waals surface area contributed by atoms with E-state index in [2.05, 4.69) is 0 Å². The standard InChI is InChI=1S/C10H12F3NO3S/c1-7(15)6-14-18(16,17)9-4-2-3-8(5-9)10(11,12)13/h2-5,7,14-15H,6H2,1H3. The first-order valence-electron chi connectivity index (χ1n) is 4.98. The van der Waals surface area contributed by atoms with Gasteiger partial charge in [0.05, 0.1) is 16.6 Å². The van der Waals surface area contributed by atoms with Gasteiger partial charge in [0, 0.05) is 6.54 Å². The van der Waals surface area contributed by atoms with Gasteiger partial charge < -0.3 is 5.11 Å². The molecule has 1 aromatic rings. The van der Waals surface area contributed by atoms with Crippen molar-refractivity contribution in [2.75, 3.05) is 6.54 Å². The number of nitrogens with one attached hydrogen (secondary N) is 1. The van der Waals surface area contributed by atoms with E-state index < -0.39 is 32.8 Å². The van der Waals surface area contributed by atoms with Crippen LogP contribution in [0.4, 0.5) is 13.2 Å². The van der Waals surface area contributed by atoms with Crippen molar-refractivity contribution in [2.45, 2.75) is 24.1 Å². The Balaban J connectivity index is 3.03. The van der Waals surface area contributed by atoms with Gasteiger partial charge in [0.2, 0.25) is 10.0 Å². The Morgan fingerprint density at radius 3 is 2.50 bits per heavy atom. The number of rotatable bonds is 4. The lowest BCUT2D eigenvalue weighted by Gasteiger charge is -2.11. The van der Waals surface area contributed by atoms with Gasteiger partial charge >= 0.3 is 6.18 Å². The van der Waals surface area contributed by atoms with Crippen LogP contribution < -0.4 is 4.72 Å². The molecule has 1 rings (SSSR count). The van der Waals surface area contributed by atoms with Crippen LogP contribution >= 0.6 is 0 Å². The summed E-state index contributed by atoms with van der Waals surface area (Å²) in [7, 11) is -4.05. The molecule has 0 heterocycles. The summed E-state index contributed by atoms with van der Waals surface area (Å²) >= 11 is 0. The highest BCUT2D eigenvalue weighted by Gasteiger charge is 2.31. The van der Waals surface area contributed by atoms with Crippen LogP contribution in [0.25, 0.3) is 0 Å². The molecule has 8 heteroatoms. The third-order valence-electron chi connectivity index (χ3n) is 2.04. The predicted octanol–water partition coefficient (Wildman–Crippen LogP) is 1.36. The Kier molecular flexibility index (Phi) is 4.36. The molecule has 0 amide bonds. The zero-order valence-corrected chi connectivity index (χ0v) is 10.2. The molecule has 1 unspecified atom stereocenters. The third-order valence-corrected chi connectivity index (χ3v) is 3.46. The third kappa shape index (κ3) is 3.97. The lowest BCUT2D eigenvalue weighted by molar-refractivity contribution is -0.137. The molecular weight excluding hydrogens is 271 g/mol. The smallest absolute Gasteiger partial charge is 0.392 e. The van der Waals surface area contributed by atoms with Crippen LogP contribution in [0.2, 0.25) is 0 Å². The fourth-order valence-electron chi connectivity index (χ4n) is 1.15. The second kappa shape index (κ2) is 5.25. The maximum atomic E-state index is 12.4. The van der Waals surface area contributed by atoms with E-state index in [1.54, 1.807) is 0 Å². The average molecular weight is 283 g/mol. The fourth-order valence-corrected chi connectivity index (χ4v) is 2.32. The molecule has 1 aromatic carbocycles. The predicted molar refractivity (Wildman–Crippen MR) is 58.3 cm³/mol. The Hall–Kier alpha value is -1.12. The molecule has 2 N–H and O–H groups in total. The number of aliphatic hydroxyl groups is 1. The van der Waals surface area contributed by atoms with Gasteiger partial charge in [-0.2, -0.15) is 13.2 Å². The zero-order valence-electron chi connectivity index (χ0n) is 9.40. The maximum absolute atomic E-state index is 12.4. The summed E-state index contributed by atoms with van der Waals surface area (Å²) in [4.78, 5) is -0.488. The molecule has 102 valence electrons. The van der Waals surface area contributed by atoms with Crippen LogP contribution in [0.15, 0.2) is 29.2 Å². The largest absolute Gasteiger partial charge is 0.416 e. The first-order valence-corrected chi connectivity index (χ1v) is 6.46. The molecule has 0 spiro atoms. The van der Waals surface area contributed by atoms with E-state index in [0.29, 0.717) is 6.07 Å². The highest BCUT2D eigenvalue weighted by Crippen LogP contribution is 2.30. The highest BCUT2D eigenvalue weighted by atomic mass is 32.2. The molecule has 1 atom stereocenters. The Labute approximate surface area is 102 Å². The number of aliphatic hydroxyl groups excluding tert-OH is 1. The van der Waals surface area contributed by atoms with E-state index in [9.17, 15) is 21.6 Å². The van der Waals surface area contributed by atoms with Crippen LogP contribution in [0.5, 0.6) is 0 Å². The first-order chi connectivity index (χ1) is 8.13. The van der Waals surface area contributed by atoms with Gasteiger partial charge in [-0.15, -0.1) is 0 Å². The van der Waals surface area contributed by atoms with Gasteiger partial charge in [0.1, 0.15) is 0 Å². The summed E-state index contributed by atoms with van der Waals surface area (Å²) < 4.78 is 62.5. The molecule has 4 nitrogen and oxygen atoms in total. The van der Waals surface area contributed by atoms with Crippen molar-refractivity contribution in [3.05, 3.63) is 29.8 Å². The summed E-state index contributed by atoms with van der Waals surface area (Å²) in [6, 6.07) is 3.40. The van der Waals surface area contributed by atoms with Crippen molar-refractivity contribution in [1.82, 2.24) is 4.72 Å². The average Bonchev–Trinajstić information content (AvgIpc) is 2.26. The van der Waals surface area contributed by atoms with Crippen LogP contribution in [-0.2, 0) is 16.2 Å². The SMILES string of the molecule is CC(O)CNS(=O)(=O)c1cccc(C(F)(F)F)c1. The van der Waals surface area contributed by atoms with Gasteiger partial charge in [0.15, 0.2) is 0 Å². The van der Waals surface area contributed by atoms with Crippen molar-refractivity contribution < 1.29 is 26.7 Å². The molecule has 0 bridgehead atoms. The maximum Gasteiger partial charge on any atom is 0.416 e. The number of halogens is 3. The Morgan fingerprint density at radius 2 is 2.00 bits per heavy atom. The minimum Gasteiger partial charge on any atom is -0.392 e.